The highest BCUT2D eigenvalue weighted by Crippen LogP contribution is 2.38. The summed E-state index contributed by atoms with van der Waals surface area (Å²) < 4.78 is 0. The number of aliphatic imine (C=N–C) groups is 1. The first-order valence-corrected chi connectivity index (χ1v) is 14.8. The summed E-state index contributed by atoms with van der Waals surface area (Å²) in [5, 5.41) is 23.3. The van der Waals surface area contributed by atoms with E-state index in [9.17, 15) is 29.4 Å². The molecule has 10 nitrogen and oxygen atoms in total. The molecule has 2 aliphatic heterocycles. The van der Waals surface area contributed by atoms with Gasteiger partial charge in [-0.15, -0.1) is 0 Å². The molecule has 4 rings (SSSR count). The average molecular weight is 601 g/mol. The molecule has 0 aromatic carbocycles. The number of nitrogens with one attached hydrogen (secondary N) is 3. The predicted molar refractivity (Wildman–Crippen MR) is 169 cm³/mol. The number of carboxylic acids is 2. The summed E-state index contributed by atoms with van der Waals surface area (Å²) in [5.74, 6) is -2.19. The molecule has 232 valence electrons. The molecule has 0 bridgehead atoms. The van der Waals surface area contributed by atoms with E-state index >= 15 is 0 Å². The monoisotopic (exact) mass is 600 g/mol. The molecule has 4 heterocycles. The van der Waals surface area contributed by atoms with Gasteiger partial charge in [0.05, 0.1) is 11.1 Å². The first kappa shape index (κ1) is 32.2. The Kier molecular flexibility index (Phi) is 9.13. The van der Waals surface area contributed by atoms with E-state index < -0.39 is 17.4 Å². The summed E-state index contributed by atoms with van der Waals surface area (Å²) in [6.45, 7) is 13.2. The number of aliphatic carboxylic acids is 2. The van der Waals surface area contributed by atoms with Crippen molar-refractivity contribution in [1.29, 1.82) is 0 Å². The van der Waals surface area contributed by atoms with E-state index in [4.69, 9.17) is 0 Å². The Hall–Kier alpha value is -4.73. The van der Waals surface area contributed by atoms with Crippen LogP contribution >= 0.6 is 0 Å². The van der Waals surface area contributed by atoms with Crippen molar-refractivity contribution >= 4 is 47.7 Å². The lowest BCUT2D eigenvalue weighted by Crippen LogP contribution is -2.25. The molecule has 10 heteroatoms. The van der Waals surface area contributed by atoms with Crippen LogP contribution in [0.25, 0.3) is 18.2 Å². The standard InChI is InChI=1S/C34H40N4O6/c1-8-20-17(3)26(37-32(20)43)14-24-18(4)21(10-12-30(39)40)27(35-24)16-28-22(11-13-31(41)42)19(5)25(36-28)15-29-23(9-2)34(6,7)33(44)38-29/h9,14-16,35-36H,8,10-13H2,1-7H3,(H,38,44)(H,39,40)(H,41,42)/b23-9+,24-14+,27-16+,29-15-. The van der Waals surface area contributed by atoms with Gasteiger partial charge >= 0.3 is 11.9 Å². The third-order valence-corrected chi connectivity index (χ3v) is 8.68. The van der Waals surface area contributed by atoms with Crippen LogP contribution in [0.2, 0.25) is 0 Å². The van der Waals surface area contributed by atoms with Gasteiger partial charge in [0.25, 0.3) is 5.91 Å². The van der Waals surface area contributed by atoms with E-state index in [-0.39, 0.29) is 37.5 Å². The third-order valence-electron chi connectivity index (χ3n) is 8.68. The lowest BCUT2D eigenvalue weighted by Gasteiger charge is -2.15. The van der Waals surface area contributed by atoms with Crippen LogP contribution in [0.4, 0.5) is 0 Å². The molecule has 0 aliphatic carbocycles. The van der Waals surface area contributed by atoms with Crippen LogP contribution in [0.5, 0.6) is 0 Å². The van der Waals surface area contributed by atoms with Crippen molar-refractivity contribution < 1.29 is 29.4 Å². The van der Waals surface area contributed by atoms with Crippen molar-refractivity contribution in [1.82, 2.24) is 15.3 Å². The Morgan fingerprint density at radius 2 is 1.50 bits per heavy atom. The number of carboxylic acid groups (broad SMARTS) is 2. The number of nitrogens with zero attached hydrogens (tertiary/aromatic N) is 1. The minimum absolute atomic E-state index is 0.0761. The Morgan fingerprint density at radius 3 is 2.07 bits per heavy atom. The molecule has 5 N–H and O–H groups in total. The van der Waals surface area contributed by atoms with E-state index in [1.807, 2.05) is 72.8 Å². The molecule has 2 aliphatic rings. The second kappa shape index (κ2) is 12.5. The zero-order valence-corrected chi connectivity index (χ0v) is 26.3. The lowest BCUT2D eigenvalue weighted by atomic mass is 9.85. The largest absolute Gasteiger partial charge is 0.481 e. The number of hydrogen-bond acceptors (Lipinski definition) is 4. The highest BCUT2D eigenvalue weighted by atomic mass is 16.4. The van der Waals surface area contributed by atoms with Crippen LogP contribution in [-0.4, -0.2) is 49.6 Å². The van der Waals surface area contributed by atoms with E-state index in [0.29, 0.717) is 39.8 Å². The molecule has 0 saturated carbocycles. The van der Waals surface area contributed by atoms with Crippen LogP contribution in [0.1, 0.15) is 87.5 Å². The zero-order chi connectivity index (χ0) is 32.5. The van der Waals surface area contributed by atoms with Crippen molar-refractivity contribution in [2.24, 2.45) is 10.4 Å². The first-order valence-electron chi connectivity index (χ1n) is 14.8. The van der Waals surface area contributed by atoms with Gasteiger partial charge < -0.3 is 25.5 Å². The number of carbonyl (C=O) groups excluding carboxylic acids is 2. The number of amides is 2. The van der Waals surface area contributed by atoms with Gasteiger partial charge in [0.2, 0.25) is 5.91 Å². The number of H-pyrrole nitrogens is 2. The molecule has 1 fully saturated rings. The molecular weight excluding hydrogens is 560 g/mol. The summed E-state index contributed by atoms with van der Waals surface area (Å²) in [4.78, 5) is 59.2. The molecule has 2 aromatic heterocycles. The van der Waals surface area contributed by atoms with E-state index in [1.165, 1.54) is 0 Å². The first-order chi connectivity index (χ1) is 20.7. The van der Waals surface area contributed by atoms with E-state index in [2.05, 4.69) is 20.3 Å². The SMILES string of the molecule is C/C=C1\C(=C\c2[nH]c(/C=c3/[nH]/c(=C/C4=NC(=O)C(CC)=C4C)c(C)c3CCC(=O)O)c(CCC(=O)O)c2C)NC(=O)C1(C)C. The molecule has 2 aromatic rings. The lowest BCUT2D eigenvalue weighted by molar-refractivity contribution is -0.138. The summed E-state index contributed by atoms with van der Waals surface area (Å²) in [6, 6.07) is 0. The van der Waals surface area contributed by atoms with Crippen molar-refractivity contribution in [3.63, 3.8) is 0 Å². The highest BCUT2D eigenvalue weighted by molar-refractivity contribution is 6.30. The maximum atomic E-state index is 12.7. The minimum Gasteiger partial charge on any atom is -0.481 e. The Morgan fingerprint density at radius 1 is 0.864 bits per heavy atom. The van der Waals surface area contributed by atoms with Gasteiger partial charge in [-0.1, -0.05) is 13.0 Å². The van der Waals surface area contributed by atoms with Crippen LogP contribution in [0, 0.1) is 19.3 Å². The fourth-order valence-corrected chi connectivity index (χ4v) is 5.99. The molecule has 1 saturated heterocycles. The zero-order valence-electron chi connectivity index (χ0n) is 26.3. The second-order valence-electron chi connectivity index (χ2n) is 11.8. The summed E-state index contributed by atoms with van der Waals surface area (Å²) >= 11 is 0. The Labute approximate surface area is 256 Å². The van der Waals surface area contributed by atoms with Gasteiger partial charge in [-0.2, -0.15) is 0 Å². The minimum atomic E-state index is -0.924. The molecular formula is C34H40N4O6. The van der Waals surface area contributed by atoms with Gasteiger partial charge in [0.15, 0.2) is 0 Å². The molecule has 44 heavy (non-hydrogen) atoms. The fraction of sp³-hybridized carbons (Fsp3) is 0.382. The maximum absolute atomic E-state index is 12.7. The molecule has 0 unspecified atom stereocenters. The topological polar surface area (TPSA) is 165 Å². The van der Waals surface area contributed by atoms with Crippen molar-refractivity contribution in [2.45, 2.75) is 80.6 Å². The van der Waals surface area contributed by atoms with Gasteiger partial charge in [-0.25, -0.2) is 4.99 Å². The second-order valence-corrected chi connectivity index (χ2v) is 11.8. The number of allylic oxidation sites excluding steroid dienone is 3. The van der Waals surface area contributed by atoms with Crippen LogP contribution < -0.4 is 16.0 Å². The van der Waals surface area contributed by atoms with Crippen molar-refractivity contribution in [3.05, 3.63) is 72.8 Å². The number of aromatic amines is 2. The predicted octanol–water partition coefficient (Wildman–Crippen LogP) is 3.75. The number of hydrogen-bond donors (Lipinski definition) is 5. The normalized spacial score (nSPS) is 19.1. The highest BCUT2D eigenvalue weighted by Gasteiger charge is 2.40. The molecule has 2 amide bonds. The smallest absolute Gasteiger partial charge is 0.303 e. The summed E-state index contributed by atoms with van der Waals surface area (Å²) in [5.41, 5.74) is 7.66. The van der Waals surface area contributed by atoms with Gasteiger partial charge in [0, 0.05) is 46.2 Å². The Bertz CT molecular complexity index is 1820. The third kappa shape index (κ3) is 6.15. The molecule has 0 atom stereocenters. The van der Waals surface area contributed by atoms with Crippen LogP contribution in [-0.2, 0) is 32.0 Å². The quantitative estimate of drug-likeness (QED) is 0.279. The van der Waals surface area contributed by atoms with E-state index in [1.54, 1.807) is 0 Å². The van der Waals surface area contributed by atoms with Gasteiger partial charge in [0.1, 0.15) is 0 Å². The van der Waals surface area contributed by atoms with E-state index in [0.717, 1.165) is 39.1 Å². The molecule has 0 radical (unpaired) electrons. The number of aromatic nitrogens is 2. The van der Waals surface area contributed by atoms with Crippen LogP contribution in [0.3, 0.4) is 0 Å². The van der Waals surface area contributed by atoms with Crippen molar-refractivity contribution in [3.8, 4) is 0 Å². The fourth-order valence-electron chi connectivity index (χ4n) is 5.99. The molecule has 0 spiro atoms. The van der Waals surface area contributed by atoms with Gasteiger partial charge in [-0.05, 0) is 112 Å². The Balaban J connectivity index is 1.92. The number of carbonyl (C=O) groups is 4. The summed E-state index contributed by atoms with van der Waals surface area (Å²) in [7, 11) is 0. The van der Waals surface area contributed by atoms with Gasteiger partial charge in [-0.3, -0.25) is 19.2 Å². The summed E-state index contributed by atoms with van der Waals surface area (Å²) in [6.07, 6.45) is 8.45. The number of rotatable bonds is 10. The van der Waals surface area contributed by atoms with Crippen LogP contribution in [0.15, 0.2) is 33.5 Å². The average Bonchev–Trinajstić information content (AvgIpc) is 3.57. The maximum Gasteiger partial charge on any atom is 0.303 e. The van der Waals surface area contributed by atoms with Crippen molar-refractivity contribution in [2.75, 3.05) is 0 Å².